The minimum Gasteiger partial charge on any atom is -0.396 e. The summed E-state index contributed by atoms with van der Waals surface area (Å²) in [5.74, 6) is -0.0369. The number of nitrogens with one attached hydrogen (secondary N) is 2. The van der Waals surface area contributed by atoms with Crippen molar-refractivity contribution >= 4 is 6.03 Å². The van der Waals surface area contributed by atoms with Crippen LogP contribution in [-0.2, 0) is 13.0 Å². The van der Waals surface area contributed by atoms with Gasteiger partial charge in [-0.05, 0) is 30.7 Å². The summed E-state index contributed by atoms with van der Waals surface area (Å²) in [6.07, 6.45) is 6.27. The maximum atomic E-state index is 11.7. The SMILES string of the molecule is O=C(NCCn1cccc1)NCC(CO)Cc1ccccn1. The van der Waals surface area contributed by atoms with Gasteiger partial charge in [-0.25, -0.2) is 4.79 Å². The first kappa shape index (κ1) is 16.0. The van der Waals surface area contributed by atoms with E-state index in [0.29, 0.717) is 19.5 Å². The Balaban J connectivity index is 1.65. The van der Waals surface area contributed by atoms with Gasteiger partial charge in [-0.15, -0.1) is 0 Å². The molecule has 2 heterocycles. The number of carbonyl (C=O) groups excluding carboxylic acids is 1. The Bertz CT molecular complexity index is 543. The second-order valence-electron chi connectivity index (χ2n) is 5.13. The zero-order valence-corrected chi connectivity index (χ0v) is 12.5. The second-order valence-corrected chi connectivity index (χ2v) is 5.13. The van der Waals surface area contributed by atoms with Crippen molar-refractivity contribution in [1.29, 1.82) is 0 Å². The molecule has 2 aromatic rings. The second kappa shape index (κ2) is 8.84. The molecule has 2 aromatic heterocycles. The molecular formula is C16H22N4O2. The molecule has 0 aliphatic heterocycles. The smallest absolute Gasteiger partial charge is 0.314 e. The molecule has 1 atom stereocenters. The molecule has 0 aliphatic carbocycles. The number of nitrogens with zero attached hydrogens (tertiary/aromatic N) is 2. The molecule has 0 bridgehead atoms. The van der Waals surface area contributed by atoms with Crippen molar-refractivity contribution < 1.29 is 9.90 Å². The largest absolute Gasteiger partial charge is 0.396 e. The summed E-state index contributed by atoms with van der Waals surface area (Å²) in [5, 5.41) is 15.0. The summed E-state index contributed by atoms with van der Waals surface area (Å²) in [5.41, 5.74) is 0.913. The van der Waals surface area contributed by atoms with Crippen LogP contribution in [0.5, 0.6) is 0 Å². The molecule has 118 valence electrons. The Morgan fingerprint density at radius 3 is 2.73 bits per heavy atom. The van der Waals surface area contributed by atoms with Crippen LogP contribution in [-0.4, -0.2) is 40.4 Å². The number of carbonyl (C=O) groups is 1. The molecule has 0 aliphatic rings. The van der Waals surface area contributed by atoms with Gasteiger partial charge in [0.2, 0.25) is 0 Å². The van der Waals surface area contributed by atoms with Gasteiger partial charge in [0.05, 0.1) is 0 Å². The van der Waals surface area contributed by atoms with Crippen molar-refractivity contribution in [3.63, 3.8) is 0 Å². The van der Waals surface area contributed by atoms with Gasteiger partial charge < -0.3 is 20.3 Å². The van der Waals surface area contributed by atoms with Crippen LogP contribution in [0, 0.1) is 5.92 Å². The molecule has 1 unspecified atom stereocenters. The van der Waals surface area contributed by atoms with E-state index in [4.69, 9.17) is 0 Å². The minimum absolute atomic E-state index is 0.0141. The number of aliphatic hydroxyl groups excluding tert-OH is 1. The number of hydrogen-bond donors (Lipinski definition) is 3. The molecular weight excluding hydrogens is 280 g/mol. The monoisotopic (exact) mass is 302 g/mol. The van der Waals surface area contributed by atoms with Crippen LogP contribution < -0.4 is 10.6 Å². The van der Waals surface area contributed by atoms with Gasteiger partial charge in [0, 0.05) is 56.4 Å². The van der Waals surface area contributed by atoms with Crippen molar-refractivity contribution in [1.82, 2.24) is 20.2 Å². The van der Waals surface area contributed by atoms with E-state index in [1.54, 1.807) is 6.20 Å². The molecule has 6 nitrogen and oxygen atoms in total. The number of pyridine rings is 1. The van der Waals surface area contributed by atoms with Crippen LogP contribution in [0.2, 0.25) is 0 Å². The molecule has 0 spiro atoms. The maximum Gasteiger partial charge on any atom is 0.314 e. The quantitative estimate of drug-likeness (QED) is 0.681. The van der Waals surface area contributed by atoms with E-state index in [2.05, 4.69) is 15.6 Å². The standard InChI is InChI=1S/C16H22N4O2/c21-13-14(11-15-5-1-2-6-17-15)12-19-16(22)18-7-10-20-8-3-4-9-20/h1-6,8-9,14,21H,7,10-13H2,(H2,18,19,22). The van der Waals surface area contributed by atoms with Crippen LogP contribution in [0.4, 0.5) is 4.79 Å². The zero-order chi connectivity index (χ0) is 15.6. The van der Waals surface area contributed by atoms with E-state index in [9.17, 15) is 9.90 Å². The summed E-state index contributed by atoms with van der Waals surface area (Å²) >= 11 is 0. The van der Waals surface area contributed by atoms with Gasteiger partial charge in [0.15, 0.2) is 0 Å². The fourth-order valence-corrected chi connectivity index (χ4v) is 2.13. The summed E-state index contributed by atoms with van der Waals surface area (Å²) in [4.78, 5) is 15.9. The van der Waals surface area contributed by atoms with Crippen LogP contribution >= 0.6 is 0 Å². The van der Waals surface area contributed by atoms with Crippen molar-refractivity contribution in [2.45, 2.75) is 13.0 Å². The normalized spacial score (nSPS) is 11.9. The highest BCUT2D eigenvalue weighted by Gasteiger charge is 2.11. The van der Waals surface area contributed by atoms with Crippen molar-refractivity contribution in [3.8, 4) is 0 Å². The highest BCUT2D eigenvalue weighted by molar-refractivity contribution is 5.73. The Morgan fingerprint density at radius 2 is 2.05 bits per heavy atom. The third-order valence-corrected chi connectivity index (χ3v) is 3.36. The van der Waals surface area contributed by atoms with Gasteiger partial charge in [-0.3, -0.25) is 4.98 Å². The average molecular weight is 302 g/mol. The number of aliphatic hydroxyl groups is 1. The first-order valence-corrected chi connectivity index (χ1v) is 7.41. The first-order chi connectivity index (χ1) is 10.8. The molecule has 0 saturated carbocycles. The lowest BCUT2D eigenvalue weighted by Gasteiger charge is -2.15. The lowest BCUT2D eigenvalue weighted by Crippen LogP contribution is -2.40. The first-order valence-electron chi connectivity index (χ1n) is 7.41. The van der Waals surface area contributed by atoms with Gasteiger partial charge in [0.25, 0.3) is 0 Å². The fraction of sp³-hybridized carbons (Fsp3) is 0.375. The summed E-state index contributed by atoms with van der Waals surface area (Å²) < 4.78 is 2.00. The molecule has 0 radical (unpaired) electrons. The third-order valence-electron chi connectivity index (χ3n) is 3.36. The molecule has 6 heteroatoms. The van der Waals surface area contributed by atoms with Crippen LogP contribution in [0.3, 0.4) is 0 Å². The van der Waals surface area contributed by atoms with Gasteiger partial charge in [0.1, 0.15) is 0 Å². The Kier molecular flexibility index (Phi) is 6.44. The van der Waals surface area contributed by atoms with E-state index < -0.39 is 0 Å². The van der Waals surface area contributed by atoms with E-state index in [1.807, 2.05) is 47.3 Å². The molecule has 22 heavy (non-hydrogen) atoms. The van der Waals surface area contributed by atoms with Crippen molar-refractivity contribution in [3.05, 3.63) is 54.6 Å². The molecule has 2 rings (SSSR count). The predicted octanol–water partition coefficient (Wildman–Crippen LogP) is 1.03. The molecule has 0 fully saturated rings. The number of aromatic nitrogens is 2. The summed E-state index contributed by atoms with van der Waals surface area (Å²) in [7, 11) is 0. The Labute approximate surface area is 130 Å². The molecule has 2 amide bonds. The summed E-state index contributed by atoms with van der Waals surface area (Å²) in [6, 6.07) is 9.37. The van der Waals surface area contributed by atoms with E-state index in [1.165, 1.54) is 0 Å². The molecule has 0 aromatic carbocycles. The van der Waals surface area contributed by atoms with Crippen LogP contribution in [0.15, 0.2) is 48.9 Å². The number of rotatable bonds is 8. The van der Waals surface area contributed by atoms with Gasteiger partial charge >= 0.3 is 6.03 Å². The number of hydrogen-bond acceptors (Lipinski definition) is 3. The molecule has 3 N–H and O–H groups in total. The Hall–Kier alpha value is -2.34. The van der Waals surface area contributed by atoms with Crippen molar-refractivity contribution in [2.75, 3.05) is 19.7 Å². The van der Waals surface area contributed by atoms with Gasteiger partial charge in [-0.1, -0.05) is 6.07 Å². The third kappa shape index (κ3) is 5.57. The highest BCUT2D eigenvalue weighted by atomic mass is 16.3. The van der Waals surface area contributed by atoms with Crippen molar-refractivity contribution in [2.24, 2.45) is 5.92 Å². The predicted molar refractivity (Wildman–Crippen MR) is 84.4 cm³/mol. The van der Waals surface area contributed by atoms with E-state index in [-0.39, 0.29) is 18.6 Å². The van der Waals surface area contributed by atoms with Crippen LogP contribution in [0.25, 0.3) is 0 Å². The average Bonchev–Trinajstić information content (AvgIpc) is 3.05. The minimum atomic E-state index is -0.216. The summed E-state index contributed by atoms with van der Waals surface area (Å²) in [6.45, 7) is 1.73. The number of urea groups is 1. The Morgan fingerprint density at radius 1 is 1.23 bits per heavy atom. The molecule has 0 saturated heterocycles. The zero-order valence-electron chi connectivity index (χ0n) is 12.5. The van der Waals surface area contributed by atoms with E-state index in [0.717, 1.165) is 12.2 Å². The highest BCUT2D eigenvalue weighted by Crippen LogP contribution is 2.04. The maximum absolute atomic E-state index is 11.7. The topological polar surface area (TPSA) is 79.2 Å². The number of amides is 2. The van der Waals surface area contributed by atoms with Crippen LogP contribution in [0.1, 0.15) is 5.69 Å². The van der Waals surface area contributed by atoms with E-state index >= 15 is 0 Å². The lowest BCUT2D eigenvalue weighted by molar-refractivity contribution is 0.213. The van der Waals surface area contributed by atoms with Gasteiger partial charge in [-0.2, -0.15) is 0 Å². The fourth-order valence-electron chi connectivity index (χ4n) is 2.13. The lowest BCUT2D eigenvalue weighted by atomic mass is 10.0.